The molecule has 2 nitrogen and oxygen atoms in total. The summed E-state index contributed by atoms with van der Waals surface area (Å²) in [5.74, 6) is 0.281. The van der Waals surface area contributed by atoms with Gasteiger partial charge >= 0.3 is 0 Å². The van der Waals surface area contributed by atoms with E-state index in [0.717, 1.165) is 29.6 Å². The lowest BCUT2D eigenvalue weighted by Crippen LogP contribution is -2.21. The van der Waals surface area contributed by atoms with E-state index in [1.165, 1.54) is 0 Å². The second-order valence-electron chi connectivity index (χ2n) is 5.20. The molecule has 0 radical (unpaired) electrons. The first-order chi connectivity index (χ1) is 7.91. The number of aliphatic hydroxyl groups excluding tert-OH is 2. The van der Waals surface area contributed by atoms with Crippen molar-refractivity contribution in [3.8, 4) is 0 Å². The molecule has 1 aliphatic carbocycles. The molecule has 0 spiro atoms. The maximum atomic E-state index is 10.0. The molecule has 0 saturated heterocycles. The smallest absolute Gasteiger partial charge is 0.0753 e. The number of hydrogen-bond donors (Lipinski definition) is 2. The molecule has 0 aromatic rings. The highest BCUT2D eigenvalue weighted by molar-refractivity contribution is 5.11. The fourth-order valence-corrected chi connectivity index (χ4v) is 2.22. The van der Waals surface area contributed by atoms with Crippen LogP contribution in [0, 0.1) is 5.92 Å². The lowest BCUT2D eigenvalue weighted by molar-refractivity contribution is 0.157. The fourth-order valence-electron chi connectivity index (χ4n) is 2.22. The van der Waals surface area contributed by atoms with Crippen molar-refractivity contribution in [2.45, 2.75) is 51.2 Å². The predicted molar refractivity (Wildman–Crippen MR) is 71.7 cm³/mol. The Kier molecular flexibility index (Phi) is 5.16. The third-order valence-corrected chi connectivity index (χ3v) is 3.70. The summed E-state index contributed by atoms with van der Waals surface area (Å²) in [5.41, 5.74) is 2.78. The Hall–Kier alpha value is -0.860. The van der Waals surface area contributed by atoms with Crippen LogP contribution < -0.4 is 0 Å². The van der Waals surface area contributed by atoms with Crippen molar-refractivity contribution >= 4 is 0 Å². The molecule has 0 aliphatic heterocycles. The van der Waals surface area contributed by atoms with Gasteiger partial charge in [-0.2, -0.15) is 0 Å². The molecule has 1 saturated carbocycles. The molecule has 2 heteroatoms. The molecule has 0 aromatic heterocycles. The summed E-state index contributed by atoms with van der Waals surface area (Å²) in [6.45, 7) is 13.8. The van der Waals surface area contributed by atoms with E-state index in [-0.39, 0.29) is 5.92 Å². The molecule has 17 heavy (non-hydrogen) atoms. The van der Waals surface area contributed by atoms with Crippen molar-refractivity contribution in [2.24, 2.45) is 5.92 Å². The quantitative estimate of drug-likeness (QED) is 0.687. The summed E-state index contributed by atoms with van der Waals surface area (Å²) in [7, 11) is 0. The van der Waals surface area contributed by atoms with E-state index < -0.39 is 12.2 Å². The molecule has 2 N–H and O–H groups in total. The summed E-state index contributed by atoms with van der Waals surface area (Å²) in [4.78, 5) is 0. The molecule has 1 rings (SSSR count). The molecule has 0 aromatic carbocycles. The highest BCUT2D eigenvalue weighted by atomic mass is 16.3. The second-order valence-corrected chi connectivity index (χ2v) is 5.20. The molecule has 0 bridgehead atoms. The minimum Gasteiger partial charge on any atom is -0.389 e. The lowest BCUT2D eigenvalue weighted by atomic mass is 9.84. The van der Waals surface area contributed by atoms with Crippen molar-refractivity contribution in [3.05, 3.63) is 36.5 Å². The van der Waals surface area contributed by atoms with Crippen LogP contribution in [0.5, 0.6) is 0 Å². The summed E-state index contributed by atoms with van der Waals surface area (Å²) >= 11 is 0. The topological polar surface area (TPSA) is 40.5 Å². The maximum Gasteiger partial charge on any atom is 0.0753 e. The number of aliphatic hydroxyl groups is 2. The molecule has 1 aliphatic rings. The van der Waals surface area contributed by atoms with Crippen LogP contribution in [-0.4, -0.2) is 22.4 Å². The molecule has 96 valence electrons. The zero-order valence-corrected chi connectivity index (χ0v) is 10.8. The summed E-state index contributed by atoms with van der Waals surface area (Å²) in [6, 6.07) is 0. The van der Waals surface area contributed by atoms with Gasteiger partial charge in [-0.05, 0) is 56.1 Å². The Balaban J connectivity index is 2.77. The summed E-state index contributed by atoms with van der Waals surface area (Å²) < 4.78 is 0. The van der Waals surface area contributed by atoms with Crippen molar-refractivity contribution in [1.29, 1.82) is 0 Å². The molecule has 0 amide bonds. The van der Waals surface area contributed by atoms with Crippen LogP contribution in [-0.2, 0) is 0 Å². The molecular formula is C15H24O2. The average molecular weight is 236 g/mol. The Morgan fingerprint density at radius 3 is 2.18 bits per heavy atom. The van der Waals surface area contributed by atoms with Gasteiger partial charge in [-0.15, -0.1) is 0 Å². The van der Waals surface area contributed by atoms with Crippen LogP contribution in [0.3, 0.4) is 0 Å². The van der Waals surface area contributed by atoms with Gasteiger partial charge in [0, 0.05) is 0 Å². The molecule has 3 unspecified atom stereocenters. The van der Waals surface area contributed by atoms with Gasteiger partial charge in [-0.1, -0.05) is 25.3 Å². The van der Waals surface area contributed by atoms with E-state index >= 15 is 0 Å². The Labute approximate surface area is 104 Å². The normalized spacial score (nSPS) is 32.3. The van der Waals surface area contributed by atoms with Crippen molar-refractivity contribution in [1.82, 2.24) is 0 Å². The van der Waals surface area contributed by atoms with Gasteiger partial charge in [0.05, 0.1) is 12.2 Å². The van der Waals surface area contributed by atoms with Gasteiger partial charge in [0.2, 0.25) is 0 Å². The Morgan fingerprint density at radius 2 is 1.59 bits per heavy atom. The van der Waals surface area contributed by atoms with Crippen LogP contribution in [0.1, 0.15) is 39.0 Å². The predicted octanol–water partition coefficient (Wildman–Crippen LogP) is 2.98. The fraction of sp³-hybridized carbons (Fsp3) is 0.600. The SMILES string of the molecule is C=C1CCC(C(=C)C)CC(O)C(=C)CCC1O. The van der Waals surface area contributed by atoms with E-state index in [0.29, 0.717) is 19.3 Å². The van der Waals surface area contributed by atoms with Gasteiger partial charge in [-0.25, -0.2) is 0 Å². The third-order valence-electron chi connectivity index (χ3n) is 3.70. The van der Waals surface area contributed by atoms with E-state index in [9.17, 15) is 10.2 Å². The van der Waals surface area contributed by atoms with Gasteiger partial charge in [-0.3, -0.25) is 0 Å². The Bertz CT molecular complexity index is 317. The first kappa shape index (κ1) is 14.2. The maximum absolute atomic E-state index is 10.0. The van der Waals surface area contributed by atoms with Crippen molar-refractivity contribution < 1.29 is 10.2 Å². The van der Waals surface area contributed by atoms with Gasteiger partial charge < -0.3 is 10.2 Å². The van der Waals surface area contributed by atoms with Crippen LogP contribution in [0.4, 0.5) is 0 Å². The number of hydrogen-bond acceptors (Lipinski definition) is 2. The minimum absolute atomic E-state index is 0.281. The highest BCUT2D eigenvalue weighted by Crippen LogP contribution is 2.29. The average Bonchev–Trinajstić information content (AvgIpc) is 2.28. The zero-order chi connectivity index (χ0) is 13.0. The molecule has 3 atom stereocenters. The number of allylic oxidation sites excluding steroid dienone is 1. The third kappa shape index (κ3) is 4.14. The van der Waals surface area contributed by atoms with E-state index in [1.54, 1.807) is 0 Å². The van der Waals surface area contributed by atoms with Crippen LogP contribution in [0.25, 0.3) is 0 Å². The zero-order valence-electron chi connectivity index (χ0n) is 10.8. The highest BCUT2D eigenvalue weighted by Gasteiger charge is 2.21. The van der Waals surface area contributed by atoms with Crippen LogP contribution >= 0.6 is 0 Å². The largest absolute Gasteiger partial charge is 0.389 e. The first-order valence-corrected chi connectivity index (χ1v) is 6.28. The first-order valence-electron chi connectivity index (χ1n) is 6.28. The van der Waals surface area contributed by atoms with Gasteiger partial charge in [0.1, 0.15) is 0 Å². The van der Waals surface area contributed by atoms with E-state index in [1.807, 2.05) is 6.92 Å². The molecular weight excluding hydrogens is 212 g/mol. The standard InChI is InChI=1S/C15H24O2/c1-10(2)13-7-5-11(3)14(16)8-6-12(4)15(17)9-13/h13-17H,1,3-9H2,2H3. The van der Waals surface area contributed by atoms with Crippen LogP contribution in [0.15, 0.2) is 36.5 Å². The summed E-state index contributed by atoms with van der Waals surface area (Å²) in [6.07, 6.45) is 2.72. The monoisotopic (exact) mass is 236 g/mol. The van der Waals surface area contributed by atoms with E-state index in [4.69, 9.17) is 0 Å². The Morgan fingerprint density at radius 1 is 1.06 bits per heavy atom. The lowest BCUT2D eigenvalue weighted by Gasteiger charge is -2.26. The van der Waals surface area contributed by atoms with Gasteiger partial charge in [0.25, 0.3) is 0 Å². The minimum atomic E-state index is -0.477. The molecule has 1 fully saturated rings. The van der Waals surface area contributed by atoms with Crippen molar-refractivity contribution in [2.75, 3.05) is 0 Å². The number of rotatable bonds is 1. The van der Waals surface area contributed by atoms with Gasteiger partial charge in [0.15, 0.2) is 0 Å². The van der Waals surface area contributed by atoms with E-state index in [2.05, 4.69) is 19.7 Å². The van der Waals surface area contributed by atoms with Crippen molar-refractivity contribution in [3.63, 3.8) is 0 Å². The van der Waals surface area contributed by atoms with Crippen LogP contribution in [0.2, 0.25) is 0 Å². The second kappa shape index (κ2) is 6.18. The molecule has 0 heterocycles. The summed E-state index contributed by atoms with van der Waals surface area (Å²) in [5, 5.41) is 19.9.